The van der Waals surface area contributed by atoms with Crippen LogP contribution in [0.4, 0.5) is 0 Å². The van der Waals surface area contributed by atoms with E-state index in [0.29, 0.717) is 12.5 Å². The molecule has 5 aliphatic rings. The molecule has 1 aromatic carbocycles. The van der Waals surface area contributed by atoms with Crippen molar-refractivity contribution in [1.82, 2.24) is 4.90 Å². The Hall–Kier alpha value is -1.77. The lowest BCUT2D eigenvalue weighted by Crippen LogP contribution is -2.74. The molecular formula is C24H30N2O3. The average molecular weight is 395 g/mol. The zero-order valence-corrected chi connectivity index (χ0v) is 17.4. The maximum Gasteiger partial charge on any atom is 0.165 e. The monoisotopic (exact) mass is 394 g/mol. The number of ether oxygens (including phenoxy) is 2. The van der Waals surface area contributed by atoms with Crippen molar-refractivity contribution in [3.05, 3.63) is 23.3 Å². The average Bonchev–Trinajstić information content (AvgIpc) is 3.48. The van der Waals surface area contributed by atoms with Crippen molar-refractivity contribution < 1.29 is 14.6 Å². The lowest BCUT2D eigenvalue weighted by atomic mass is 9.40. The zero-order valence-electron chi connectivity index (χ0n) is 17.4. The Bertz CT molecular complexity index is 906. The molecule has 3 aliphatic carbocycles. The van der Waals surface area contributed by atoms with E-state index < -0.39 is 6.10 Å². The SMILES string of the molecule is COc1ccc2c3c1O[C@H]1[C@@H](O)CC[C@@]4(C(C)C#N)[C@@H](C2)N(CC2CC2)CC[C@]314. The smallest absolute Gasteiger partial charge is 0.165 e. The number of nitriles is 1. The lowest BCUT2D eigenvalue weighted by molar-refractivity contribution is -0.174. The molecular weight excluding hydrogens is 364 g/mol. The summed E-state index contributed by atoms with van der Waals surface area (Å²) in [6.07, 6.45) is 5.45. The summed E-state index contributed by atoms with van der Waals surface area (Å²) in [6.45, 7) is 4.31. The van der Waals surface area contributed by atoms with E-state index in [1.807, 2.05) is 6.07 Å². The summed E-state index contributed by atoms with van der Waals surface area (Å²) in [7, 11) is 1.69. The van der Waals surface area contributed by atoms with Gasteiger partial charge in [0.1, 0.15) is 6.10 Å². The highest BCUT2D eigenvalue weighted by molar-refractivity contribution is 5.62. The lowest BCUT2D eigenvalue weighted by Gasteiger charge is -2.67. The van der Waals surface area contributed by atoms with Gasteiger partial charge in [-0.3, -0.25) is 4.90 Å². The van der Waals surface area contributed by atoms with Crippen molar-refractivity contribution >= 4 is 0 Å². The van der Waals surface area contributed by atoms with Crippen molar-refractivity contribution in [2.45, 2.75) is 69.1 Å². The molecule has 0 radical (unpaired) electrons. The van der Waals surface area contributed by atoms with Gasteiger partial charge in [0.15, 0.2) is 11.5 Å². The first-order chi connectivity index (χ1) is 14.1. The molecule has 2 heterocycles. The van der Waals surface area contributed by atoms with Gasteiger partial charge in [-0.15, -0.1) is 0 Å². The molecule has 2 bridgehead atoms. The predicted molar refractivity (Wildman–Crippen MR) is 108 cm³/mol. The third-order valence-electron chi connectivity index (χ3n) is 9.04. The number of aliphatic hydroxyl groups is 1. The summed E-state index contributed by atoms with van der Waals surface area (Å²) in [6, 6.07) is 7.24. The molecule has 1 saturated heterocycles. The topological polar surface area (TPSA) is 65.7 Å². The van der Waals surface area contributed by atoms with Crippen LogP contribution < -0.4 is 9.47 Å². The standard InChI is InChI=1S/C24H30N2O3/c1-14(12-25)23-8-7-17(27)22-24(23)9-10-26(13-15-3-4-15)19(23)11-16-5-6-18(28-2)21(29-22)20(16)24/h5-6,14-15,17,19,22,27H,3-4,7-11,13H2,1-2H3/t14?,17-,19+,22-,23+,24-/m0/s1. The number of nitrogens with zero attached hydrogens (tertiary/aromatic N) is 2. The first-order valence-corrected chi connectivity index (χ1v) is 11.3. The van der Waals surface area contributed by atoms with Crippen LogP contribution in [0.25, 0.3) is 0 Å². The molecule has 1 N–H and O–H groups in total. The fourth-order valence-electron chi connectivity index (χ4n) is 7.72. The minimum Gasteiger partial charge on any atom is -0.493 e. The Labute approximate surface area is 172 Å². The first-order valence-electron chi connectivity index (χ1n) is 11.3. The molecule has 2 saturated carbocycles. The quantitative estimate of drug-likeness (QED) is 0.850. The fraction of sp³-hybridized carbons (Fsp3) is 0.708. The molecule has 2 aliphatic heterocycles. The molecule has 5 heteroatoms. The highest BCUT2D eigenvalue weighted by Gasteiger charge is 2.74. The van der Waals surface area contributed by atoms with Crippen LogP contribution in [0.3, 0.4) is 0 Å². The van der Waals surface area contributed by atoms with Crippen LogP contribution in [0.15, 0.2) is 12.1 Å². The van der Waals surface area contributed by atoms with Crippen LogP contribution in [-0.2, 0) is 11.8 Å². The highest BCUT2D eigenvalue weighted by Crippen LogP contribution is 2.71. The Morgan fingerprint density at radius 3 is 2.90 bits per heavy atom. The highest BCUT2D eigenvalue weighted by atomic mass is 16.5. The third-order valence-corrected chi connectivity index (χ3v) is 9.04. The van der Waals surface area contributed by atoms with Crippen molar-refractivity contribution in [1.29, 1.82) is 5.26 Å². The first kappa shape index (κ1) is 18.0. The summed E-state index contributed by atoms with van der Waals surface area (Å²) in [5.74, 6) is 2.34. The van der Waals surface area contributed by atoms with E-state index in [-0.39, 0.29) is 22.9 Å². The molecule has 29 heavy (non-hydrogen) atoms. The van der Waals surface area contributed by atoms with Crippen LogP contribution in [0.5, 0.6) is 11.5 Å². The van der Waals surface area contributed by atoms with Gasteiger partial charge in [-0.05, 0) is 69.5 Å². The van der Waals surface area contributed by atoms with Gasteiger partial charge in [0.25, 0.3) is 0 Å². The van der Waals surface area contributed by atoms with Gasteiger partial charge in [-0.25, -0.2) is 0 Å². The Morgan fingerprint density at radius 2 is 2.17 bits per heavy atom. The number of rotatable bonds is 4. The number of aliphatic hydroxyl groups excluding tert-OH is 1. The minimum absolute atomic E-state index is 0.0848. The van der Waals surface area contributed by atoms with Crippen molar-refractivity contribution in [2.24, 2.45) is 17.3 Å². The third kappa shape index (κ3) is 2.02. The van der Waals surface area contributed by atoms with Gasteiger partial charge in [0, 0.05) is 29.0 Å². The minimum atomic E-state index is -0.493. The van der Waals surface area contributed by atoms with Crippen LogP contribution in [0.1, 0.15) is 50.2 Å². The number of benzene rings is 1. The second-order valence-corrected chi connectivity index (χ2v) is 10.0. The number of piperidine rings is 1. The van der Waals surface area contributed by atoms with E-state index in [9.17, 15) is 10.4 Å². The summed E-state index contributed by atoms with van der Waals surface area (Å²) in [5, 5.41) is 21.3. The second-order valence-electron chi connectivity index (χ2n) is 10.0. The molecule has 1 unspecified atom stereocenters. The molecule has 5 nitrogen and oxygen atoms in total. The molecule has 0 aromatic heterocycles. The maximum absolute atomic E-state index is 11.1. The molecule has 6 atom stereocenters. The van der Waals surface area contributed by atoms with Crippen LogP contribution in [0, 0.1) is 28.6 Å². The van der Waals surface area contributed by atoms with E-state index in [2.05, 4.69) is 24.0 Å². The van der Waals surface area contributed by atoms with E-state index in [1.165, 1.54) is 24.0 Å². The van der Waals surface area contributed by atoms with Crippen LogP contribution in [-0.4, -0.2) is 48.5 Å². The van der Waals surface area contributed by atoms with Crippen molar-refractivity contribution in [3.63, 3.8) is 0 Å². The predicted octanol–water partition coefficient (Wildman–Crippen LogP) is 3.04. The summed E-state index contributed by atoms with van der Waals surface area (Å²) >= 11 is 0. The van der Waals surface area contributed by atoms with Crippen LogP contribution in [0.2, 0.25) is 0 Å². The van der Waals surface area contributed by atoms with Crippen LogP contribution >= 0.6 is 0 Å². The fourth-order valence-corrected chi connectivity index (χ4v) is 7.72. The Morgan fingerprint density at radius 1 is 1.34 bits per heavy atom. The Kier molecular flexibility index (Phi) is 3.66. The molecule has 3 fully saturated rings. The van der Waals surface area contributed by atoms with E-state index >= 15 is 0 Å². The zero-order chi connectivity index (χ0) is 20.0. The van der Waals surface area contributed by atoms with Crippen molar-refractivity contribution in [3.8, 4) is 17.6 Å². The van der Waals surface area contributed by atoms with E-state index in [1.54, 1.807) is 7.11 Å². The molecule has 1 spiro atoms. The van der Waals surface area contributed by atoms with Crippen molar-refractivity contribution in [2.75, 3.05) is 20.2 Å². The van der Waals surface area contributed by atoms with E-state index in [4.69, 9.17) is 9.47 Å². The summed E-state index contributed by atoms with van der Waals surface area (Å²) in [5.41, 5.74) is 2.12. The van der Waals surface area contributed by atoms with Gasteiger partial charge in [0.05, 0.1) is 25.2 Å². The second kappa shape index (κ2) is 5.89. The summed E-state index contributed by atoms with van der Waals surface area (Å²) < 4.78 is 12.2. The molecule has 6 rings (SSSR count). The van der Waals surface area contributed by atoms with Gasteiger partial charge in [0.2, 0.25) is 0 Å². The number of likely N-dealkylation sites (tertiary alicyclic amines) is 1. The van der Waals surface area contributed by atoms with Gasteiger partial charge in [-0.1, -0.05) is 6.07 Å². The maximum atomic E-state index is 11.1. The number of hydrogen-bond donors (Lipinski definition) is 1. The van der Waals surface area contributed by atoms with Gasteiger partial charge >= 0.3 is 0 Å². The molecule has 1 aromatic rings. The number of methoxy groups -OCH3 is 1. The van der Waals surface area contributed by atoms with Gasteiger partial charge in [-0.2, -0.15) is 5.26 Å². The summed E-state index contributed by atoms with van der Waals surface area (Å²) in [4.78, 5) is 2.71. The molecule has 0 amide bonds. The van der Waals surface area contributed by atoms with E-state index in [0.717, 1.165) is 49.8 Å². The largest absolute Gasteiger partial charge is 0.493 e. The van der Waals surface area contributed by atoms with Gasteiger partial charge < -0.3 is 14.6 Å². The molecule has 154 valence electrons. The normalized spacial score (nSPS) is 40.6. The number of hydrogen-bond acceptors (Lipinski definition) is 5. The Balaban J connectivity index is 1.61.